The number of aromatic hydroxyl groups is 2. The molecule has 0 fully saturated rings. The highest BCUT2D eigenvalue weighted by atomic mass is 16.5. The second-order valence-electron chi connectivity index (χ2n) is 9.90. The summed E-state index contributed by atoms with van der Waals surface area (Å²) in [7, 11) is 1.62. The monoisotopic (exact) mass is 531 g/mol. The summed E-state index contributed by atoms with van der Waals surface area (Å²) in [6, 6.07) is 7.71. The van der Waals surface area contributed by atoms with Gasteiger partial charge in [-0.1, -0.05) is 12.1 Å². The van der Waals surface area contributed by atoms with Gasteiger partial charge in [-0.05, 0) is 39.8 Å². The lowest BCUT2D eigenvalue weighted by Crippen LogP contribution is -2.41. The number of ketones is 3. The maximum atomic E-state index is 14.0. The molecule has 0 radical (unpaired) electrons. The fourth-order valence-electron chi connectivity index (χ4n) is 5.35. The van der Waals surface area contributed by atoms with E-state index in [1.807, 2.05) is 28.8 Å². The minimum absolute atomic E-state index is 0.00629. The topological polar surface area (TPSA) is 140 Å². The number of methoxy groups -OCH3 is 1. The minimum atomic E-state index is -1.57. The van der Waals surface area contributed by atoms with Gasteiger partial charge in [0.25, 0.3) is 0 Å². The molecule has 10 heteroatoms. The first kappa shape index (κ1) is 26.2. The molecule has 0 amide bonds. The Labute approximate surface area is 224 Å². The number of benzene rings is 2. The number of imidazole rings is 1. The highest BCUT2D eigenvalue weighted by Gasteiger charge is 2.56. The number of hydrogen-bond donors (Lipinski definition) is 3. The standard InChI is InChI=1S/C29H29N3O7/c1-14-25(35)23(16(3)33)27-24(26(14)36)29(4)20(39-27)12-19(34)22(28(29)37)15(2)30-13-21-31-17-8-6-7-9-18(17)32(21)10-11-38-5/h6-9,12,30,35-36H,10-11,13H2,1-5H3/t29-/m0/s1. The third kappa shape index (κ3) is 3.82. The van der Waals surface area contributed by atoms with E-state index < -0.39 is 28.5 Å². The summed E-state index contributed by atoms with van der Waals surface area (Å²) in [5.74, 6) is -1.86. The van der Waals surface area contributed by atoms with E-state index in [2.05, 4.69) is 5.32 Å². The zero-order chi connectivity index (χ0) is 28.2. The Kier molecular flexibility index (Phi) is 6.30. The third-order valence-corrected chi connectivity index (χ3v) is 7.52. The van der Waals surface area contributed by atoms with Crippen LogP contribution in [-0.4, -0.2) is 50.8 Å². The van der Waals surface area contributed by atoms with Crippen LogP contribution in [0.2, 0.25) is 0 Å². The second-order valence-corrected chi connectivity index (χ2v) is 9.90. The zero-order valence-electron chi connectivity index (χ0n) is 22.3. The van der Waals surface area contributed by atoms with Crippen molar-refractivity contribution in [1.82, 2.24) is 14.9 Å². The number of phenolic OH excluding ortho intramolecular Hbond substituents is 2. The van der Waals surface area contributed by atoms with Gasteiger partial charge in [-0.3, -0.25) is 14.4 Å². The van der Waals surface area contributed by atoms with Crippen molar-refractivity contribution in [3.05, 3.63) is 69.9 Å². The fraction of sp³-hybridized carbons (Fsp3) is 0.310. The minimum Gasteiger partial charge on any atom is -0.507 e. The lowest BCUT2D eigenvalue weighted by Gasteiger charge is -2.29. The quantitative estimate of drug-likeness (QED) is 0.238. The molecular formula is C29H29N3O7. The third-order valence-electron chi connectivity index (χ3n) is 7.52. The summed E-state index contributed by atoms with van der Waals surface area (Å²) in [5, 5.41) is 24.7. The lowest BCUT2D eigenvalue weighted by atomic mass is 9.70. The van der Waals surface area contributed by atoms with E-state index >= 15 is 0 Å². The van der Waals surface area contributed by atoms with E-state index in [9.17, 15) is 24.6 Å². The zero-order valence-corrected chi connectivity index (χ0v) is 22.3. The molecule has 202 valence electrons. The van der Waals surface area contributed by atoms with Gasteiger partial charge in [-0.15, -0.1) is 0 Å². The van der Waals surface area contributed by atoms with E-state index in [4.69, 9.17) is 14.5 Å². The van der Waals surface area contributed by atoms with Crippen molar-refractivity contribution in [3.8, 4) is 17.2 Å². The van der Waals surface area contributed by atoms with Gasteiger partial charge in [-0.25, -0.2) is 4.98 Å². The molecule has 2 heterocycles. The number of phenols is 2. The number of para-hydroxylation sites is 2. The van der Waals surface area contributed by atoms with Crippen LogP contribution in [0.15, 0.2) is 47.4 Å². The van der Waals surface area contributed by atoms with E-state index in [1.54, 1.807) is 14.0 Å². The predicted molar refractivity (Wildman–Crippen MR) is 142 cm³/mol. The second kappa shape index (κ2) is 9.39. The van der Waals surface area contributed by atoms with E-state index in [0.717, 1.165) is 11.0 Å². The molecule has 0 saturated heterocycles. The molecule has 0 saturated carbocycles. The number of aromatic nitrogens is 2. The maximum absolute atomic E-state index is 14.0. The summed E-state index contributed by atoms with van der Waals surface area (Å²) in [5.41, 5.74) is 0.386. The number of carbonyl (C=O) groups excluding carboxylic acids is 3. The number of rotatable bonds is 7. The molecule has 3 N–H and O–H groups in total. The molecule has 1 atom stereocenters. The van der Waals surface area contributed by atoms with Crippen LogP contribution in [0.5, 0.6) is 17.2 Å². The van der Waals surface area contributed by atoms with Gasteiger partial charge >= 0.3 is 0 Å². The molecule has 0 spiro atoms. The first-order valence-corrected chi connectivity index (χ1v) is 12.5. The summed E-state index contributed by atoms with van der Waals surface area (Å²) in [4.78, 5) is 44.3. The molecule has 0 bridgehead atoms. The maximum Gasteiger partial charge on any atom is 0.194 e. The summed E-state index contributed by atoms with van der Waals surface area (Å²) >= 11 is 0. The van der Waals surface area contributed by atoms with Crippen LogP contribution in [-0.2, 0) is 32.8 Å². The smallest absolute Gasteiger partial charge is 0.194 e. The van der Waals surface area contributed by atoms with Gasteiger partial charge in [0.05, 0.1) is 35.3 Å². The van der Waals surface area contributed by atoms with Crippen molar-refractivity contribution in [3.63, 3.8) is 0 Å². The molecule has 1 aromatic heterocycles. The Hall–Kier alpha value is -4.44. The Morgan fingerprint density at radius 1 is 1.18 bits per heavy atom. The number of nitrogens with zero attached hydrogens (tertiary/aromatic N) is 2. The highest BCUT2D eigenvalue weighted by Crippen LogP contribution is 2.57. The number of fused-ring (bicyclic) bond motifs is 4. The molecule has 10 nitrogen and oxygen atoms in total. The molecule has 5 rings (SSSR count). The molecular weight excluding hydrogens is 502 g/mol. The SMILES string of the molecule is COCCn1c(CNC(C)=C2C(=O)C=C3Oc4c(C(C)=O)c(O)c(C)c(O)c4[C@@]3(C)C2=O)nc2ccccc21. The predicted octanol–water partition coefficient (Wildman–Crippen LogP) is 3.35. The van der Waals surface area contributed by atoms with Crippen molar-refractivity contribution < 1.29 is 34.1 Å². The molecule has 0 unspecified atom stereocenters. The van der Waals surface area contributed by atoms with Crippen molar-refractivity contribution in [2.75, 3.05) is 13.7 Å². The average molecular weight is 532 g/mol. The van der Waals surface area contributed by atoms with Crippen molar-refractivity contribution in [2.45, 2.75) is 46.2 Å². The average Bonchev–Trinajstić information content (AvgIpc) is 3.39. The van der Waals surface area contributed by atoms with E-state index in [0.29, 0.717) is 24.7 Å². The number of Topliss-reactive ketones (excluding diaryl/α,β-unsaturated/α-hetero) is 2. The Bertz CT molecular complexity index is 1650. The Morgan fingerprint density at radius 2 is 1.90 bits per heavy atom. The van der Waals surface area contributed by atoms with Gasteiger partial charge in [-0.2, -0.15) is 0 Å². The number of ether oxygens (including phenoxy) is 2. The highest BCUT2D eigenvalue weighted by molar-refractivity contribution is 6.31. The van der Waals surface area contributed by atoms with Crippen LogP contribution in [0.1, 0.15) is 48.1 Å². The first-order valence-electron chi connectivity index (χ1n) is 12.5. The summed E-state index contributed by atoms with van der Waals surface area (Å²) in [6.07, 6.45) is 1.20. The van der Waals surface area contributed by atoms with Crippen molar-refractivity contribution >= 4 is 28.4 Å². The fourth-order valence-corrected chi connectivity index (χ4v) is 5.35. The van der Waals surface area contributed by atoms with Crippen LogP contribution in [0.4, 0.5) is 0 Å². The van der Waals surface area contributed by atoms with Gasteiger partial charge in [0.2, 0.25) is 0 Å². The van der Waals surface area contributed by atoms with Gasteiger partial charge < -0.3 is 29.6 Å². The first-order chi connectivity index (χ1) is 18.5. The van der Waals surface area contributed by atoms with Gasteiger partial charge in [0, 0.05) is 31.0 Å². The lowest BCUT2D eigenvalue weighted by molar-refractivity contribution is -0.123. The van der Waals surface area contributed by atoms with Crippen molar-refractivity contribution in [2.24, 2.45) is 0 Å². The normalized spacial score (nSPS) is 19.5. The number of hydrogen-bond acceptors (Lipinski definition) is 9. The van der Waals surface area contributed by atoms with E-state index in [1.165, 1.54) is 26.8 Å². The van der Waals surface area contributed by atoms with E-state index in [-0.39, 0.29) is 46.1 Å². The summed E-state index contributed by atoms with van der Waals surface area (Å²) < 4.78 is 13.1. The molecule has 2 aromatic carbocycles. The van der Waals surface area contributed by atoms with Gasteiger partial charge in [0.1, 0.15) is 39.8 Å². The number of nitrogens with one attached hydrogen (secondary N) is 1. The molecule has 1 aliphatic heterocycles. The molecule has 3 aromatic rings. The van der Waals surface area contributed by atoms with Gasteiger partial charge in [0.15, 0.2) is 17.3 Å². The summed E-state index contributed by atoms with van der Waals surface area (Å²) in [6.45, 7) is 7.16. The van der Waals surface area contributed by atoms with Crippen LogP contribution in [0.3, 0.4) is 0 Å². The number of carbonyl (C=O) groups is 3. The largest absolute Gasteiger partial charge is 0.507 e. The van der Waals surface area contributed by atoms with Crippen LogP contribution < -0.4 is 10.1 Å². The molecule has 2 aliphatic rings. The number of allylic oxidation sites excluding steroid dienone is 4. The van der Waals surface area contributed by atoms with Crippen LogP contribution in [0, 0.1) is 6.92 Å². The van der Waals surface area contributed by atoms with Crippen LogP contribution >= 0.6 is 0 Å². The van der Waals surface area contributed by atoms with Crippen LogP contribution in [0.25, 0.3) is 11.0 Å². The Morgan fingerprint density at radius 3 is 2.59 bits per heavy atom. The Balaban J connectivity index is 1.55. The van der Waals surface area contributed by atoms with Crippen molar-refractivity contribution in [1.29, 1.82) is 0 Å². The molecule has 1 aliphatic carbocycles. The molecule has 39 heavy (non-hydrogen) atoms.